The van der Waals surface area contributed by atoms with E-state index in [9.17, 15) is 9.70 Å². The molecule has 0 heterocycles. The molecule has 0 radical (unpaired) electrons. The molecule has 2 atom stereocenters. The summed E-state index contributed by atoms with van der Waals surface area (Å²) in [6.07, 6.45) is 1.96. The third-order valence-corrected chi connectivity index (χ3v) is 3.14. The lowest BCUT2D eigenvalue weighted by molar-refractivity contribution is -0.143. The molecule has 0 aromatic heterocycles. The first-order chi connectivity index (χ1) is 6.95. The summed E-state index contributed by atoms with van der Waals surface area (Å²) in [5.41, 5.74) is 0.853. The van der Waals surface area contributed by atoms with Crippen molar-refractivity contribution in [3.8, 4) is 0 Å². The van der Waals surface area contributed by atoms with Gasteiger partial charge in [-0.15, -0.1) is 0 Å². The lowest BCUT2D eigenvalue weighted by atomic mass is 10.1. The summed E-state index contributed by atoms with van der Waals surface area (Å²) in [5, 5.41) is 2.82. The first-order valence-corrected chi connectivity index (χ1v) is 4.99. The van der Waals surface area contributed by atoms with Crippen LogP contribution in [0.5, 0.6) is 0 Å². The van der Waals surface area contributed by atoms with Crippen LogP contribution < -0.4 is 0 Å². The van der Waals surface area contributed by atoms with Gasteiger partial charge in [-0.05, 0) is 18.3 Å². The summed E-state index contributed by atoms with van der Waals surface area (Å²) in [7, 11) is 1.40. The van der Waals surface area contributed by atoms with Crippen LogP contribution in [0.25, 0.3) is 0 Å². The molecule has 15 heavy (non-hydrogen) atoms. The van der Waals surface area contributed by atoms with E-state index in [4.69, 9.17) is 4.74 Å². The molecule has 1 aliphatic rings. The Morgan fingerprint density at radius 2 is 2.13 bits per heavy atom. The summed E-state index contributed by atoms with van der Waals surface area (Å²) in [6.45, 7) is 6.10. The number of carbonyl (C=O) groups is 1. The van der Waals surface area contributed by atoms with E-state index in [2.05, 4.69) is 5.18 Å². The molecule has 0 spiro atoms. The van der Waals surface area contributed by atoms with Gasteiger partial charge in [-0.3, -0.25) is 4.79 Å². The highest BCUT2D eigenvalue weighted by molar-refractivity contribution is 5.78. The normalized spacial score (nSPS) is 28.4. The molecule has 0 bridgehead atoms. The van der Waals surface area contributed by atoms with Crippen LogP contribution in [0.4, 0.5) is 0 Å². The van der Waals surface area contributed by atoms with Crippen LogP contribution in [0.3, 0.4) is 0 Å². The van der Waals surface area contributed by atoms with Crippen LogP contribution >= 0.6 is 0 Å². The molecule has 2 unspecified atom stereocenters. The Hall–Kier alpha value is -1.19. The number of carbonyl (C=O) groups excluding carboxylic acids is 1. The van der Waals surface area contributed by atoms with Crippen molar-refractivity contribution in [2.75, 3.05) is 13.7 Å². The van der Waals surface area contributed by atoms with Gasteiger partial charge in [0.2, 0.25) is 0 Å². The molecule has 0 aliphatic heterocycles. The van der Waals surface area contributed by atoms with E-state index in [1.807, 2.05) is 26.8 Å². The molecule has 0 saturated heterocycles. The van der Waals surface area contributed by atoms with Gasteiger partial charge >= 0.3 is 5.97 Å². The second-order valence-electron chi connectivity index (χ2n) is 4.65. The summed E-state index contributed by atoms with van der Waals surface area (Å²) >= 11 is 0. The molecule has 1 fully saturated rings. The molecule has 0 aromatic rings. The first kappa shape index (κ1) is 11.9. The van der Waals surface area contributed by atoms with Crippen molar-refractivity contribution in [3.63, 3.8) is 0 Å². The van der Waals surface area contributed by atoms with E-state index >= 15 is 0 Å². The average molecular weight is 211 g/mol. The zero-order valence-electron chi connectivity index (χ0n) is 9.61. The zero-order valence-corrected chi connectivity index (χ0v) is 9.61. The van der Waals surface area contributed by atoms with E-state index in [0.717, 1.165) is 5.57 Å². The van der Waals surface area contributed by atoms with Crippen molar-refractivity contribution in [2.45, 2.75) is 20.8 Å². The predicted octanol–water partition coefficient (Wildman–Crippen LogP) is 2.14. The van der Waals surface area contributed by atoms with Gasteiger partial charge in [0.15, 0.2) is 0 Å². The molecular formula is C11H17NO3. The number of ether oxygens (including phenoxy) is 1. The maximum absolute atomic E-state index is 11.4. The summed E-state index contributed by atoms with van der Waals surface area (Å²) in [4.78, 5) is 21.5. The molecule has 4 nitrogen and oxygen atoms in total. The minimum atomic E-state index is -0.173. The number of nitroso groups, excluding NO2 is 1. The number of hydrogen-bond acceptors (Lipinski definition) is 4. The highest BCUT2D eigenvalue weighted by Gasteiger charge is 2.61. The van der Waals surface area contributed by atoms with Crippen LogP contribution in [0, 0.1) is 22.2 Å². The number of rotatable bonds is 4. The van der Waals surface area contributed by atoms with Gasteiger partial charge in [-0.25, -0.2) is 0 Å². The Labute approximate surface area is 89.7 Å². The Balaban J connectivity index is 2.70. The van der Waals surface area contributed by atoms with E-state index in [1.165, 1.54) is 7.11 Å². The molecule has 1 saturated carbocycles. The van der Waals surface area contributed by atoms with Crippen molar-refractivity contribution in [1.82, 2.24) is 0 Å². The summed E-state index contributed by atoms with van der Waals surface area (Å²) in [6, 6.07) is 0. The maximum atomic E-state index is 11.4. The van der Waals surface area contributed by atoms with Gasteiger partial charge < -0.3 is 4.74 Å². The fraction of sp³-hybridized carbons (Fsp3) is 0.727. The van der Waals surface area contributed by atoms with Crippen LogP contribution in [-0.4, -0.2) is 19.6 Å². The van der Waals surface area contributed by atoms with Crippen molar-refractivity contribution in [1.29, 1.82) is 0 Å². The number of hydrogen-bond donors (Lipinski definition) is 0. The lowest BCUT2D eigenvalue weighted by Crippen LogP contribution is -2.07. The molecule has 1 aliphatic carbocycles. The SMILES string of the molecule is COC(=O)C1C(C=C(C)CN=O)C1(C)C. The number of esters is 1. The molecule has 4 heteroatoms. The van der Waals surface area contributed by atoms with Crippen LogP contribution in [0.2, 0.25) is 0 Å². The second kappa shape index (κ2) is 4.13. The van der Waals surface area contributed by atoms with E-state index < -0.39 is 0 Å². The Kier molecular flexibility index (Phi) is 3.27. The molecule has 84 valence electrons. The zero-order chi connectivity index (χ0) is 11.6. The standard InChI is InChI=1S/C11H17NO3/c1-7(6-12-14)5-8-9(10(13)15-4)11(8,2)3/h5,8-9H,6H2,1-4H3. The van der Waals surface area contributed by atoms with Gasteiger partial charge in [0.25, 0.3) is 0 Å². The predicted molar refractivity (Wildman–Crippen MR) is 57.2 cm³/mol. The number of nitrogens with zero attached hydrogens (tertiary/aromatic N) is 1. The van der Waals surface area contributed by atoms with Crippen LogP contribution in [0.15, 0.2) is 16.8 Å². The number of methoxy groups -OCH3 is 1. The molecular weight excluding hydrogens is 194 g/mol. The first-order valence-electron chi connectivity index (χ1n) is 4.99. The van der Waals surface area contributed by atoms with E-state index in [0.29, 0.717) is 0 Å². The quantitative estimate of drug-likeness (QED) is 0.406. The Bertz CT molecular complexity index is 307. The Morgan fingerprint density at radius 3 is 2.60 bits per heavy atom. The maximum Gasteiger partial charge on any atom is 0.309 e. The van der Waals surface area contributed by atoms with Crippen molar-refractivity contribution in [3.05, 3.63) is 16.6 Å². The lowest BCUT2D eigenvalue weighted by Gasteiger charge is -1.99. The summed E-state index contributed by atoms with van der Waals surface area (Å²) in [5.74, 6) is -0.0797. The van der Waals surface area contributed by atoms with Crippen molar-refractivity contribution < 1.29 is 9.53 Å². The van der Waals surface area contributed by atoms with Gasteiger partial charge in [0, 0.05) is 0 Å². The second-order valence-corrected chi connectivity index (χ2v) is 4.65. The fourth-order valence-electron chi connectivity index (χ4n) is 2.03. The van der Waals surface area contributed by atoms with Gasteiger partial charge in [-0.1, -0.05) is 30.7 Å². The molecule has 0 amide bonds. The van der Waals surface area contributed by atoms with Gasteiger partial charge in [0.1, 0.15) is 6.54 Å². The van der Waals surface area contributed by atoms with E-state index in [1.54, 1.807) is 0 Å². The molecule has 0 aromatic carbocycles. The highest BCUT2D eigenvalue weighted by Crippen LogP contribution is 2.59. The number of allylic oxidation sites excluding steroid dienone is 1. The summed E-state index contributed by atoms with van der Waals surface area (Å²) < 4.78 is 4.73. The van der Waals surface area contributed by atoms with Crippen molar-refractivity contribution >= 4 is 5.97 Å². The topological polar surface area (TPSA) is 55.7 Å². The van der Waals surface area contributed by atoms with Crippen LogP contribution in [0.1, 0.15) is 20.8 Å². The highest BCUT2D eigenvalue weighted by atomic mass is 16.5. The minimum absolute atomic E-state index is 0.0583. The van der Waals surface area contributed by atoms with Gasteiger partial charge in [-0.2, -0.15) is 4.91 Å². The fourth-order valence-corrected chi connectivity index (χ4v) is 2.03. The smallest absolute Gasteiger partial charge is 0.309 e. The average Bonchev–Trinajstić information content (AvgIpc) is 2.67. The van der Waals surface area contributed by atoms with Crippen molar-refractivity contribution in [2.24, 2.45) is 22.4 Å². The molecule has 0 N–H and O–H groups in total. The van der Waals surface area contributed by atoms with Gasteiger partial charge in [0.05, 0.1) is 13.0 Å². The minimum Gasteiger partial charge on any atom is -0.469 e. The third kappa shape index (κ3) is 2.25. The molecule has 1 rings (SSSR count). The van der Waals surface area contributed by atoms with Crippen LogP contribution in [-0.2, 0) is 9.53 Å². The monoisotopic (exact) mass is 211 g/mol. The van der Waals surface area contributed by atoms with E-state index in [-0.39, 0.29) is 29.8 Å². The Morgan fingerprint density at radius 1 is 1.53 bits per heavy atom. The largest absolute Gasteiger partial charge is 0.469 e. The third-order valence-electron chi connectivity index (χ3n) is 3.14.